The maximum absolute atomic E-state index is 10.8. The molecular weight excluding hydrogens is 262 g/mol. The third-order valence-corrected chi connectivity index (χ3v) is 3.42. The van der Waals surface area contributed by atoms with Gasteiger partial charge in [0.1, 0.15) is 5.75 Å². The summed E-state index contributed by atoms with van der Waals surface area (Å²) < 4.78 is 10.0. The number of hydrogen-bond acceptors (Lipinski definition) is 4. The van der Waals surface area contributed by atoms with E-state index in [1.807, 2.05) is 24.3 Å². The summed E-state index contributed by atoms with van der Waals surface area (Å²) in [7, 11) is 0. The maximum Gasteiger partial charge on any atom is 0.335 e. The van der Waals surface area contributed by atoms with Crippen LogP contribution in [0, 0.1) is 0 Å². The molecule has 0 aliphatic rings. The van der Waals surface area contributed by atoms with Crippen molar-refractivity contribution in [1.82, 2.24) is 4.37 Å². The predicted molar refractivity (Wildman–Crippen MR) is 73.1 cm³/mol. The third kappa shape index (κ3) is 2.28. The topological polar surface area (TPSA) is 59.4 Å². The molecule has 0 saturated heterocycles. The number of rotatable bonds is 3. The second-order valence-electron chi connectivity index (χ2n) is 3.92. The highest BCUT2D eigenvalue weighted by molar-refractivity contribution is 7.09. The Morgan fingerprint density at radius 3 is 2.58 bits per heavy atom. The zero-order chi connectivity index (χ0) is 13.2. The normalized spacial score (nSPS) is 10.5. The lowest BCUT2D eigenvalue weighted by molar-refractivity contribution is 0.0697. The first-order valence-corrected chi connectivity index (χ1v) is 6.37. The molecule has 19 heavy (non-hydrogen) atoms. The van der Waals surface area contributed by atoms with E-state index in [1.54, 1.807) is 12.1 Å². The summed E-state index contributed by atoms with van der Waals surface area (Å²) >= 11 is 1.28. The first-order chi connectivity index (χ1) is 9.24. The Balaban J connectivity index is 1.90. The standard InChI is InChI=1S/C14H9NO3S/c16-13(17)9-5-7-10(8-6-9)18-14-11-3-1-2-4-12(11)15-19-14/h1-8H,(H,16,17). The van der Waals surface area contributed by atoms with Gasteiger partial charge < -0.3 is 9.84 Å². The molecule has 3 aromatic rings. The van der Waals surface area contributed by atoms with Crippen molar-refractivity contribution in [3.8, 4) is 10.8 Å². The van der Waals surface area contributed by atoms with Gasteiger partial charge in [-0.05, 0) is 36.4 Å². The molecule has 5 heteroatoms. The van der Waals surface area contributed by atoms with Gasteiger partial charge in [0.05, 0.1) is 16.5 Å². The largest absolute Gasteiger partial charge is 0.478 e. The van der Waals surface area contributed by atoms with E-state index in [2.05, 4.69) is 4.37 Å². The van der Waals surface area contributed by atoms with E-state index in [4.69, 9.17) is 9.84 Å². The summed E-state index contributed by atoms with van der Waals surface area (Å²) in [5.74, 6) is -0.353. The monoisotopic (exact) mass is 271 g/mol. The zero-order valence-corrected chi connectivity index (χ0v) is 10.6. The van der Waals surface area contributed by atoms with E-state index in [0.29, 0.717) is 10.8 Å². The molecule has 0 fully saturated rings. The lowest BCUT2D eigenvalue weighted by atomic mass is 10.2. The highest BCUT2D eigenvalue weighted by atomic mass is 32.1. The van der Waals surface area contributed by atoms with Crippen molar-refractivity contribution < 1.29 is 14.6 Å². The van der Waals surface area contributed by atoms with E-state index >= 15 is 0 Å². The summed E-state index contributed by atoms with van der Waals surface area (Å²) in [6.07, 6.45) is 0. The van der Waals surface area contributed by atoms with Crippen molar-refractivity contribution >= 4 is 28.4 Å². The van der Waals surface area contributed by atoms with Crippen LogP contribution >= 0.6 is 11.5 Å². The summed E-state index contributed by atoms with van der Waals surface area (Å²) in [6, 6.07) is 14.0. The molecule has 0 radical (unpaired) electrons. The number of nitrogens with zero attached hydrogens (tertiary/aromatic N) is 1. The molecule has 0 aliphatic carbocycles. The number of aromatic nitrogens is 1. The Labute approximate surface area is 113 Å². The average Bonchev–Trinajstić information content (AvgIpc) is 2.83. The van der Waals surface area contributed by atoms with Crippen LogP contribution < -0.4 is 4.74 Å². The molecule has 0 atom stereocenters. The van der Waals surface area contributed by atoms with Gasteiger partial charge in [0.25, 0.3) is 0 Å². The van der Waals surface area contributed by atoms with Crippen LogP contribution in [-0.4, -0.2) is 15.4 Å². The Hall–Kier alpha value is -2.40. The number of carbonyl (C=O) groups is 1. The minimum atomic E-state index is -0.949. The van der Waals surface area contributed by atoms with Crippen molar-refractivity contribution in [2.45, 2.75) is 0 Å². The average molecular weight is 271 g/mol. The molecule has 1 aromatic heterocycles. The van der Waals surface area contributed by atoms with Gasteiger partial charge in [-0.2, -0.15) is 4.37 Å². The predicted octanol–water partition coefficient (Wildman–Crippen LogP) is 3.79. The number of benzene rings is 2. The molecule has 0 aliphatic heterocycles. The van der Waals surface area contributed by atoms with Crippen molar-refractivity contribution in [2.75, 3.05) is 0 Å². The van der Waals surface area contributed by atoms with Crippen LogP contribution in [0.4, 0.5) is 0 Å². The molecule has 1 heterocycles. The first-order valence-electron chi connectivity index (χ1n) is 5.60. The SMILES string of the molecule is O=C(O)c1ccc(Oc2snc3ccccc23)cc1. The van der Waals surface area contributed by atoms with E-state index < -0.39 is 5.97 Å². The Bertz CT molecular complexity index is 734. The second kappa shape index (κ2) is 4.70. The summed E-state index contributed by atoms with van der Waals surface area (Å²) in [5.41, 5.74) is 1.13. The Kier molecular flexibility index (Phi) is 2.89. The first kappa shape index (κ1) is 11.7. The van der Waals surface area contributed by atoms with E-state index in [-0.39, 0.29) is 5.56 Å². The second-order valence-corrected chi connectivity index (χ2v) is 4.65. The van der Waals surface area contributed by atoms with E-state index in [1.165, 1.54) is 23.7 Å². The maximum atomic E-state index is 10.8. The minimum Gasteiger partial charge on any atom is -0.478 e. The van der Waals surface area contributed by atoms with Gasteiger partial charge in [-0.15, -0.1) is 0 Å². The van der Waals surface area contributed by atoms with Gasteiger partial charge in [0.15, 0.2) is 0 Å². The van der Waals surface area contributed by atoms with Crippen LogP contribution in [0.2, 0.25) is 0 Å². The molecule has 0 amide bonds. The molecule has 2 aromatic carbocycles. The summed E-state index contributed by atoms with van der Waals surface area (Å²) in [4.78, 5) is 10.8. The highest BCUT2D eigenvalue weighted by Gasteiger charge is 2.08. The highest BCUT2D eigenvalue weighted by Crippen LogP contribution is 2.33. The van der Waals surface area contributed by atoms with E-state index in [9.17, 15) is 4.79 Å². The van der Waals surface area contributed by atoms with Crippen molar-refractivity contribution in [3.63, 3.8) is 0 Å². The van der Waals surface area contributed by atoms with Gasteiger partial charge >= 0.3 is 5.97 Å². The van der Waals surface area contributed by atoms with Crippen LogP contribution in [0.3, 0.4) is 0 Å². The van der Waals surface area contributed by atoms with Gasteiger partial charge in [0, 0.05) is 11.5 Å². The molecule has 3 rings (SSSR count). The summed E-state index contributed by atoms with van der Waals surface area (Å²) in [6.45, 7) is 0. The van der Waals surface area contributed by atoms with Crippen molar-refractivity contribution in [1.29, 1.82) is 0 Å². The van der Waals surface area contributed by atoms with Crippen molar-refractivity contribution in [2.24, 2.45) is 0 Å². The van der Waals surface area contributed by atoms with Crippen LogP contribution in [0.1, 0.15) is 10.4 Å². The third-order valence-electron chi connectivity index (χ3n) is 2.66. The fraction of sp³-hybridized carbons (Fsp3) is 0. The fourth-order valence-corrected chi connectivity index (χ4v) is 2.46. The van der Waals surface area contributed by atoms with Crippen LogP contribution in [-0.2, 0) is 0 Å². The Morgan fingerprint density at radius 2 is 1.84 bits per heavy atom. The Morgan fingerprint density at radius 1 is 1.11 bits per heavy atom. The number of fused-ring (bicyclic) bond motifs is 1. The zero-order valence-electron chi connectivity index (χ0n) is 9.74. The fourth-order valence-electron chi connectivity index (χ4n) is 1.71. The molecule has 0 spiro atoms. The van der Waals surface area contributed by atoms with Crippen LogP contribution in [0.25, 0.3) is 10.9 Å². The molecular formula is C14H9NO3S. The van der Waals surface area contributed by atoms with Gasteiger partial charge in [-0.3, -0.25) is 0 Å². The van der Waals surface area contributed by atoms with E-state index in [0.717, 1.165) is 10.9 Å². The van der Waals surface area contributed by atoms with Gasteiger partial charge in [-0.1, -0.05) is 12.1 Å². The molecule has 1 N–H and O–H groups in total. The number of carboxylic acid groups (broad SMARTS) is 1. The number of hydrogen-bond donors (Lipinski definition) is 1. The van der Waals surface area contributed by atoms with Crippen LogP contribution in [0.15, 0.2) is 48.5 Å². The lowest BCUT2D eigenvalue weighted by Gasteiger charge is -2.03. The van der Waals surface area contributed by atoms with Gasteiger partial charge in [0.2, 0.25) is 5.06 Å². The summed E-state index contributed by atoms with van der Waals surface area (Å²) in [5, 5.41) is 10.5. The van der Waals surface area contributed by atoms with Crippen LogP contribution in [0.5, 0.6) is 10.8 Å². The molecule has 4 nitrogen and oxygen atoms in total. The quantitative estimate of drug-likeness (QED) is 0.787. The minimum absolute atomic E-state index is 0.238. The smallest absolute Gasteiger partial charge is 0.335 e. The molecule has 94 valence electrons. The molecule has 0 bridgehead atoms. The number of aromatic carboxylic acids is 1. The lowest BCUT2D eigenvalue weighted by Crippen LogP contribution is -1.94. The van der Waals surface area contributed by atoms with Crippen molar-refractivity contribution in [3.05, 3.63) is 54.1 Å². The molecule has 0 unspecified atom stereocenters. The molecule has 0 saturated carbocycles. The number of carboxylic acids is 1. The number of ether oxygens (including phenoxy) is 1. The van der Waals surface area contributed by atoms with Gasteiger partial charge in [-0.25, -0.2) is 4.79 Å².